The minimum absolute atomic E-state index is 0.352. The van der Waals surface area contributed by atoms with Crippen LogP contribution in [0.4, 0.5) is 22.7 Å². The summed E-state index contributed by atoms with van der Waals surface area (Å²) in [6, 6.07) is 63.6. The fourth-order valence-electron chi connectivity index (χ4n) is 8.55. The van der Waals surface area contributed by atoms with Gasteiger partial charge < -0.3 is 9.80 Å². The van der Waals surface area contributed by atoms with Gasteiger partial charge in [-0.1, -0.05) is 103 Å². The second-order valence-electron chi connectivity index (χ2n) is 13.6. The summed E-state index contributed by atoms with van der Waals surface area (Å²) in [6.07, 6.45) is 0. The van der Waals surface area contributed by atoms with Gasteiger partial charge in [-0.2, -0.15) is 0 Å². The fraction of sp³-hybridized carbons (Fsp3) is 0.0870. The predicted molar refractivity (Wildman–Crippen MR) is 220 cm³/mol. The standard InChI is InChI=1S/C46H32N2S3/c1-2-10-29(11-3-1)30-18-20-31(21-19-30)47(34-26-27-36-35-12-4-7-15-39(35)49-42(36)28-34)32-22-24-33(25-23-32)48-43-37-13-5-8-16-40(37)50-45(43)46-44(48)38-14-6-9-17-41(38)51-46/h1-28,43-46H. The number of anilines is 4. The topological polar surface area (TPSA) is 6.48 Å². The van der Waals surface area contributed by atoms with E-state index in [0.717, 1.165) is 17.1 Å². The third kappa shape index (κ3) is 4.72. The Bertz CT molecular complexity index is 2520. The van der Waals surface area contributed by atoms with E-state index in [-0.39, 0.29) is 0 Å². The molecule has 51 heavy (non-hydrogen) atoms. The molecule has 0 bridgehead atoms. The highest BCUT2D eigenvalue weighted by Crippen LogP contribution is 2.65. The first-order valence-electron chi connectivity index (χ1n) is 17.5. The summed E-state index contributed by atoms with van der Waals surface area (Å²) >= 11 is 6.05. The van der Waals surface area contributed by atoms with Gasteiger partial charge in [0.1, 0.15) is 0 Å². The minimum Gasteiger partial charge on any atom is -0.355 e. The highest BCUT2D eigenvalue weighted by molar-refractivity contribution is 8.04. The molecule has 0 radical (unpaired) electrons. The summed E-state index contributed by atoms with van der Waals surface area (Å²) < 4.78 is 2.63. The summed E-state index contributed by atoms with van der Waals surface area (Å²) in [5.41, 5.74) is 10.1. The van der Waals surface area contributed by atoms with Gasteiger partial charge in [-0.25, -0.2) is 0 Å². The lowest BCUT2D eigenvalue weighted by molar-refractivity contribution is 0.675. The molecule has 3 aliphatic heterocycles. The van der Waals surface area contributed by atoms with Gasteiger partial charge in [-0.05, 0) is 89.0 Å². The molecule has 8 aromatic rings. The molecule has 11 rings (SSSR count). The van der Waals surface area contributed by atoms with Gasteiger partial charge in [0, 0.05) is 63.2 Å². The summed E-state index contributed by atoms with van der Waals surface area (Å²) in [6.45, 7) is 0. The van der Waals surface area contributed by atoms with E-state index in [2.05, 4.69) is 203 Å². The van der Waals surface area contributed by atoms with Crippen LogP contribution in [0, 0.1) is 0 Å². The van der Waals surface area contributed by atoms with Gasteiger partial charge in [-0.3, -0.25) is 0 Å². The largest absolute Gasteiger partial charge is 0.355 e. The fourth-order valence-corrected chi connectivity index (χ4v) is 13.0. The number of thioether (sulfide) groups is 2. The Balaban J connectivity index is 1.02. The van der Waals surface area contributed by atoms with Gasteiger partial charge in [-0.15, -0.1) is 34.9 Å². The molecule has 1 fully saturated rings. The Kier molecular flexibility index (Phi) is 6.89. The Hall–Kier alpha value is -4.94. The van der Waals surface area contributed by atoms with Crippen molar-refractivity contribution in [1.29, 1.82) is 0 Å². The van der Waals surface area contributed by atoms with E-state index in [9.17, 15) is 0 Å². The van der Waals surface area contributed by atoms with Crippen LogP contribution < -0.4 is 9.80 Å². The highest BCUT2D eigenvalue weighted by Gasteiger charge is 2.57. The third-order valence-electron chi connectivity index (χ3n) is 10.8. The van der Waals surface area contributed by atoms with Crippen LogP contribution in [0.5, 0.6) is 0 Å². The van der Waals surface area contributed by atoms with Crippen molar-refractivity contribution in [3.8, 4) is 11.1 Å². The zero-order valence-corrected chi connectivity index (χ0v) is 30.0. The van der Waals surface area contributed by atoms with E-state index in [1.807, 2.05) is 11.3 Å². The lowest BCUT2D eigenvalue weighted by atomic mass is 10.0. The molecule has 5 heteroatoms. The van der Waals surface area contributed by atoms with Gasteiger partial charge in [0.05, 0.1) is 12.1 Å². The molecule has 0 spiro atoms. The summed E-state index contributed by atoms with van der Waals surface area (Å²) in [5, 5.41) is 3.67. The Morgan fingerprint density at radius 1 is 0.431 bits per heavy atom. The van der Waals surface area contributed by atoms with E-state index in [0.29, 0.717) is 22.6 Å². The predicted octanol–water partition coefficient (Wildman–Crippen LogP) is 13.4. The van der Waals surface area contributed by atoms with E-state index in [1.54, 1.807) is 0 Å². The summed E-state index contributed by atoms with van der Waals surface area (Å²) in [4.78, 5) is 8.04. The third-order valence-corrected chi connectivity index (χ3v) is 15.0. The molecule has 4 atom stereocenters. The van der Waals surface area contributed by atoms with Crippen molar-refractivity contribution in [2.75, 3.05) is 9.80 Å². The van der Waals surface area contributed by atoms with Crippen molar-refractivity contribution in [2.24, 2.45) is 0 Å². The monoisotopic (exact) mass is 708 g/mol. The zero-order valence-electron chi connectivity index (χ0n) is 27.6. The molecule has 4 heterocycles. The number of rotatable bonds is 5. The summed E-state index contributed by atoms with van der Waals surface area (Å²) in [5.74, 6) is 0. The van der Waals surface area contributed by atoms with Crippen molar-refractivity contribution in [3.05, 3.63) is 181 Å². The molecule has 1 aromatic heterocycles. The minimum atomic E-state index is 0.352. The van der Waals surface area contributed by atoms with Gasteiger partial charge in [0.25, 0.3) is 0 Å². The molecule has 0 aliphatic carbocycles. The molecule has 2 nitrogen and oxygen atoms in total. The molecule has 7 aromatic carbocycles. The molecule has 1 saturated heterocycles. The van der Waals surface area contributed by atoms with Crippen LogP contribution in [0.15, 0.2) is 180 Å². The molecule has 0 N–H and O–H groups in total. The molecule has 0 saturated carbocycles. The average Bonchev–Trinajstić information content (AvgIpc) is 3.94. The number of fused-ring (bicyclic) bond motifs is 10. The number of nitrogens with zero attached hydrogens (tertiary/aromatic N) is 2. The van der Waals surface area contributed by atoms with Crippen molar-refractivity contribution in [3.63, 3.8) is 0 Å². The molecular weight excluding hydrogens is 677 g/mol. The number of hydrogen-bond acceptors (Lipinski definition) is 5. The first-order chi connectivity index (χ1) is 25.3. The van der Waals surface area contributed by atoms with E-state index in [4.69, 9.17) is 0 Å². The molecule has 4 unspecified atom stereocenters. The molecular formula is C46H32N2S3. The lowest BCUT2D eigenvalue weighted by Gasteiger charge is -2.33. The van der Waals surface area contributed by atoms with Crippen LogP contribution in [0.3, 0.4) is 0 Å². The lowest BCUT2D eigenvalue weighted by Crippen LogP contribution is -2.27. The van der Waals surface area contributed by atoms with Crippen LogP contribution >= 0.6 is 34.9 Å². The normalized spacial score (nSPS) is 20.0. The van der Waals surface area contributed by atoms with Crippen LogP contribution in [0.25, 0.3) is 31.3 Å². The van der Waals surface area contributed by atoms with Crippen LogP contribution in [0.1, 0.15) is 23.2 Å². The van der Waals surface area contributed by atoms with Crippen molar-refractivity contribution in [2.45, 2.75) is 32.4 Å². The Morgan fingerprint density at radius 2 is 0.961 bits per heavy atom. The van der Waals surface area contributed by atoms with Crippen molar-refractivity contribution < 1.29 is 0 Å². The van der Waals surface area contributed by atoms with E-state index >= 15 is 0 Å². The second-order valence-corrected chi connectivity index (χ2v) is 17.1. The summed E-state index contributed by atoms with van der Waals surface area (Å²) in [7, 11) is 0. The first-order valence-corrected chi connectivity index (χ1v) is 20.1. The van der Waals surface area contributed by atoms with E-state index in [1.165, 1.54) is 57.9 Å². The maximum Gasteiger partial charge on any atom is 0.0694 e. The number of hydrogen-bond donors (Lipinski definition) is 0. The molecule has 0 amide bonds. The Labute approximate surface area is 310 Å². The van der Waals surface area contributed by atoms with Crippen LogP contribution in [-0.4, -0.2) is 10.5 Å². The van der Waals surface area contributed by atoms with E-state index < -0.39 is 0 Å². The van der Waals surface area contributed by atoms with Crippen molar-refractivity contribution >= 4 is 77.8 Å². The first kappa shape index (κ1) is 29.8. The second kappa shape index (κ2) is 11.8. The maximum absolute atomic E-state index is 2.75. The zero-order chi connectivity index (χ0) is 33.5. The van der Waals surface area contributed by atoms with Crippen molar-refractivity contribution in [1.82, 2.24) is 0 Å². The van der Waals surface area contributed by atoms with Crippen LogP contribution in [0.2, 0.25) is 0 Å². The number of benzene rings is 7. The van der Waals surface area contributed by atoms with Gasteiger partial charge in [0.2, 0.25) is 0 Å². The quantitative estimate of drug-likeness (QED) is 0.175. The van der Waals surface area contributed by atoms with Crippen LogP contribution in [-0.2, 0) is 0 Å². The smallest absolute Gasteiger partial charge is 0.0694 e. The highest BCUT2D eigenvalue weighted by atomic mass is 32.2. The maximum atomic E-state index is 2.75. The Morgan fingerprint density at radius 3 is 1.65 bits per heavy atom. The SMILES string of the molecule is c1ccc(-c2ccc(N(c3ccc(N4C5c6ccccc6SC5C5Sc6ccccc6C54)cc3)c3ccc4c(c3)sc3ccccc34)cc2)cc1. The molecule has 3 aliphatic rings. The number of thiophene rings is 1. The average molecular weight is 709 g/mol. The van der Waals surface area contributed by atoms with Gasteiger partial charge >= 0.3 is 0 Å². The molecule has 244 valence electrons. The van der Waals surface area contributed by atoms with Gasteiger partial charge in [0.15, 0.2) is 0 Å².